The molecule has 6 aromatic heterocycles. The maximum absolute atomic E-state index is 6.07. The van der Waals surface area contributed by atoms with E-state index in [1.54, 1.807) is 0 Å². The lowest BCUT2D eigenvalue weighted by molar-refractivity contribution is 0.668. The molecule has 0 amide bonds. The Morgan fingerprint density at radius 2 is 0.794 bits per heavy atom. The number of benzene rings is 7. The highest BCUT2D eigenvalue weighted by atomic mass is 16.3. The predicted molar refractivity (Wildman–Crippen MR) is 256 cm³/mol. The monoisotopic (exact) mass is 806 g/mol. The molecule has 0 bridgehead atoms. The second-order valence-electron chi connectivity index (χ2n) is 16.0. The van der Waals surface area contributed by atoms with Crippen molar-refractivity contribution in [1.82, 2.24) is 19.5 Å². The molecule has 0 atom stereocenters. The second kappa shape index (κ2) is 14.0. The standard InChI is InChI=1S/C57H34N4O2/c1-2-15-44(16-3-1)61-49-23-19-40(37-11-4-9-35(29-37)36-10-5-12-38(30-36)41-20-25-51-46(33-41)56-53(62-51)17-7-27-58-56)32-45(49)55-50(61)24-22-48(60-55)43-14-6-13-39(31-43)42-21-26-52-47(34-42)57-54(63-52)18-8-28-59-57/h1-34H. The fourth-order valence-corrected chi connectivity index (χ4v) is 9.25. The molecule has 0 aliphatic carbocycles. The normalized spacial score (nSPS) is 11.8. The molecule has 0 spiro atoms. The summed E-state index contributed by atoms with van der Waals surface area (Å²) in [4.78, 5) is 14.7. The SMILES string of the molecule is c1ccc(-n2c3ccc(-c4cccc(-c5cccc(-c6ccc7oc8cccnc8c7c6)c5)c4)cc3c3nc(-c4cccc(-c5ccc6oc7cccnc7c6c5)c4)ccc32)cc1. The summed E-state index contributed by atoms with van der Waals surface area (Å²) in [6.45, 7) is 0. The number of aromatic nitrogens is 4. The first-order valence-corrected chi connectivity index (χ1v) is 21.1. The van der Waals surface area contributed by atoms with E-state index >= 15 is 0 Å². The van der Waals surface area contributed by atoms with Gasteiger partial charge < -0.3 is 13.4 Å². The van der Waals surface area contributed by atoms with E-state index in [9.17, 15) is 0 Å². The lowest BCUT2D eigenvalue weighted by atomic mass is 9.95. The molecule has 13 aromatic rings. The molecule has 0 unspecified atom stereocenters. The zero-order chi connectivity index (χ0) is 41.4. The molecule has 6 nitrogen and oxygen atoms in total. The van der Waals surface area contributed by atoms with Crippen LogP contribution in [-0.4, -0.2) is 19.5 Å². The summed E-state index contributed by atoms with van der Waals surface area (Å²) >= 11 is 0. The molecule has 0 aliphatic heterocycles. The fourth-order valence-electron chi connectivity index (χ4n) is 9.25. The maximum atomic E-state index is 6.07. The molecule has 0 N–H and O–H groups in total. The summed E-state index contributed by atoms with van der Waals surface area (Å²) in [7, 11) is 0. The first-order valence-electron chi connectivity index (χ1n) is 21.1. The molecule has 6 heterocycles. The van der Waals surface area contributed by atoms with Crippen molar-refractivity contribution in [2.45, 2.75) is 0 Å². The Labute approximate surface area is 361 Å². The number of fused-ring (bicyclic) bond motifs is 9. The molecule has 294 valence electrons. The molecular weight excluding hydrogens is 773 g/mol. The van der Waals surface area contributed by atoms with Gasteiger partial charge in [0, 0.05) is 39.8 Å². The zero-order valence-electron chi connectivity index (χ0n) is 33.7. The van der Waals surface area contributed by atoms with Gasteiger partial charge in [0.1, 0.15) is 22.2 Å². The van der Waals surface area contributed by atoms with Crippen molar-refractivity contribution in [2.24, 2.45) is 0 Å². The number of furan rings is 2. The average Bonchev–Trinajstić information content (AvgIpc) is 4.03. The Bertz CT molecular complexity index is 3930. The van der Waals surface area contributed by atoms with Crippen molar-refractivity contribution in [2.75, 3.05) is 0 Å². The van der Waals surface area contributed by atoms with E-state index < -0.39 is 0 Å². The van der Waals surface area contributed by atoms with Crippen LogP contribution in [0.4, 0.5) is 0 Å². The first kappa shape index (κ1) is 35.2. The van der Waals surface area contributed by atoms with Crippen LogP contribution in [0.5, 0.6) is 0 Å². The van der Waals surface area contributed by atoms with Crippen LogP contribution in [0.25, 0.3) is 128 Å². The fraction of sp³-hybridized carbons (Fsp3) is 0. The van der Waals surface area contributed by atoms with Crippen LogP contribution >= 0.6 is 0 Å². The molecule has 0 aliphatic rings. The third-order valence-corrected chi connectivity index (χ3v) is 12.3. The number of pyridine rings is 3. The second-order valence-corrected chi connectivity index (χ2v) is 16.0. The third kappa shape index (κ3) is 5.84. The van der Waals surface area contributed by atoms with Crippen LogP contribution in [-0.2, 0) is 0 Å². The first-order chi connectivity index (χ1) is 31.2. The summed E-state index contributed by atoms with van der Waals surface area (Å²) in [6.07, 6.45) is 3.63. The van der Waals surface area contributed by atoms with Gasteiger partial charge in [0.15, 0.2) is 11.2 Å². The van der Waals surface area contributed by atoms with Gasteiger partial charge in [0.25, 0.3) is 0 Å². The third-order valence-electron chi connectivity index (χ3n) is 12.3. The van der Waals surface area contributed by atoms with Crippen LogP contribution in [0.15, 0.2) is 215 Å². The van der Waals surface area contributed by atoms with Crippen LogP contribution < -0.4 is 0 Å². The van der Waals surface area contributed by atoms with Crippen molar-refractivity contribution < 1.29 is 8.83 Å². The van der Waals surface area contributed by atoms with E-state index in [2.05, 4.69) is 172 Å². The number of nitrogens with zero attached hydrogens (tertiary/aromatic N) is 4. The van der Waals surface area contributed by atoms with Gasteiger partial charge in [-0.3, -0.25) is 9.97 Å². The van der Waals surface area contributed by atoms with E-state index in [4.69, 9.17) is 13.8 Å². The van der Waals surface area contributed by atoms with E-state index in [-0.39, 0.29) is 0 Å². The number of hydrogen-bond acceptors (Lipinski definition) is 5. The van der Waals surface area contributed by atoms with Gasteiger partial charge in [0.2, 0.25) is 0 Å². The molecule has 7 aromatic carbocycles. The Morgan fingerprint density at radius 1 is 0.317 bits per heavy atom. The molecule has 13 rings (SSSR count). The van der Waals surface area contributed by atoms with Crippen molar-refractivity contribution in [3.05, 3.63) is 207 Å². The van der Waals surface area contributed by atoms with Crippen LogP contribution in [0.1, 0.15) is 0 Å². The summed E-state index contributed by atoms with van der Waals surface area (Å²) in [6, 6.07) is 68.3. The van der Waals surface area contributed by atoms with Crippen LogP contribution in [0, 0.1) is 0 Å². The van der Waals surface area contributed by atoms with Crippen molar-refractivity contribution in [3.63, 3.8) is 0 Å². The van der Waals surface area contributed by atoms with Crippen molar-refractivity contribution in [3.8, 4) is 61.5 Å². The van der Waals surface area contributed by atoms with Gasteiger partial charge in [-0.15, -0.1) is 0 Å². The van der Waals surface area contributed by atoms with E-state index in [1.165, 1.54) is 0 Å². The van der Waals surface area contributed by atoms with Crippen molar-refractivity contribution in [1.29, 1.82) is 0 Å². The number of rotatable bonds is 6. The maximum Gasteiger partial charge on any atom is 0.153 e. The molecule has 0 saturated heterocycles. The molecule has 6 heteroatoms. The van der Waals surface area contributed by atoms with Gasteiger partial charge in [-0.2, -0.15) is 0 Å². The summed E-state index contributed by atoms with van der Waals surface area (Å²) < 4.78 is 14.4. The highest BCUT2D eigenvalue weighted by molar-refractivity contribution is 6.09. The molecular formula is C57H34N4O2. The smallest absolute Gasteiger partial charge is 0.153 e. The Kier molecular flexibility index (Phi) is 7.80. The van der Waals surface area contributed by atoms with Crippen LogP contribution in [0.2, 0.25) is 0 Å². The minimum atomic E-state index is 0.791. The highest BCUT2D eigenvalue weighted by Gasteiger charge is 2.17. The molecule has 63 heavy (non-hydrogen) atoms. The van der Waals surface area contributed by atoms with Gasteiger partial charge in [0.05, 0.1) is 22.2 Å². The molecule has 0 saturated carbocycles. The largest absolute Gasteiger partial charge is 0.454 e. The summed E-state index contributed by atoms with van der Waals surface area (Å²) in [5.74, 6) is 0. The predicted octanol–water partition coefficient (Wildman–Crippen LogP) is 15.1. The summed E-state index contributed by atoms with van der Waals surface area (Å²) in [5.41, 5.74) is 20.2. The Hall–Kier alpha value is -8.61. The molecule has 0 fully saturated rings. The number of hydrogen-bond donors (Lipinski definition) is 0. The van der Waals surface area contributed by atoms with E-state index in [0.717, 1.165) is 128 Å². The Balaban J connectivity index is 0.896. The lowest BCUT2D eigenvalue weighted by Gasteiger charge is -2.10. The van der Waals surface area contributed by atoms with Gasteiger partial charge in [-0.05, 0) is 148 Å². The van der Waals surface area contributed by atoms with Gasteiger partial charge >= 0.3 is 0 Å². The van der Waals surface area contributed by atoms with Crippen LogP contribution in [0.3, 0.4) is 0 Å². The van der Waals surface area contributed by atoms with Gasteiger partial charge in [-0.25, -0.2) is 4.98 Å². The minimum Gasteiger partial charge on any atom is -0.454 e. The van der Waals surface area contributed by atoms with Crippen molar-refractivity contribution >= 4 is 66.1 Å². The van der Waals surface area contributed by atoms with Gasteiger partial charge in [-0.1, -0.05) is 91.0 Å². The lowest BCUT2D eigenvalue weighted by Crippen LogP contribution is -1.93. The molecule has 0 radical (unpaired) electrons. The van der Waals surface area contributed by atoms with E-state index in [0.29, 0.717) is 0 Å². The number of para-hydroxylation sites is 1. The zero-order valence-corrected chi connectivity index (χ0v) is 33.7. The average molecular weight is 807 g/mol. The highest BCUT2D eigenvalue weighted by Crippen LogP contribution is 2.39. The summed E-state index contributed by atoms with van der Waals surface area (Å²) in [5, 5.41) is 3.12. The quantitative estimate of drug-likeness (QED) is 0.167. The van der Waals surface area contributed by atoms with E-state index in [1.807, 2.05) is 48.8 Å². The topological polar surface area (TPSA) is 69.9 Å². The minimum absolute atomic E-state index is 0.791. The Morgan fingerprint density at radius 3 is 1.37 bits per heavy atom.